The van der Waals surface area contributed by atoms with Crippen LogP contribution in [-0.4, -0.2) is 11.7 Å². The van der Waals surface area contributed by atoms with Gasteiger partial charge in [-0.1, -0.05) is 25.4 Å². The zero-order chi connectivity index (χ0) is 12.5. The zero-order valence-corrected chi connectivity index (χ0v) is 11.2. The predicted molar refractivity (Wildman–Crippen MR) is 71.3 cm³/mol. The van der Waals surface area contributed by atoms with E-state index in [4.69, 9.17) is 11.6 Å². The van der Waals surface area contributed by atoms with Crippen molar-refractivity contribution in [2.45, 2.75) is 33.2 Å². The maximum absolute atomic E-state index is 9.69. The summed E-state index contributed by atoms with van der Waals surface area (Å²) in [5.41, 5.74) is 1.37. The molecule has 0 unspecified atom stereocenters. The molecule has 1 aromatic carbocycles. The van der Waals surface area contributed by atoms with Gasteiger partial charge in [0.2, 0.25) is 0 Å². The summed E-state index contributed by atoms with van der Waals surface area (Å²) in [6.07, 6.45) is 2.64. The minimum atomic E-state index is 0.316. The lowest BCUT2D eigenvalue weighted by molar-refractivity contribution is 0.336. The first-order valence-corrected chi connectivity index (χ1v) is 6.59. The van der Waals surface area contributed by atoms with Gasteiger partial charge >= 0.3 is 0 Å². The number of benzene rings is 1. The van der Waals surface area contributed by atoms with Crippen LogP contribution in [0.3, 0.4) is 0 Å². The number of phenolic OH excluding ortho intramolecular Hbond substituents is 1. The van der Waals surface area contributed by atoms with Gasteiger partial charge in [0, 0.05) is 23.7 Å². The summed E-state index contributed by atoms with van der Waals surface area (Å²) in [5.74, 6) is 1.04. The number of hydrogen-bond acceptors (Lipinski definition) is 2. The van der Waals surface area contributed by atoms with Crippen molar-refractivity contribution in [1.82, 2.24) is 5.32 Å². The summed E-state index contributed by atoms with van der Waals surface area (Å²) in [5, 5.41) is 13.8. The molecule has 1 aliphatic carbocycles. The second-order valence-corrected chi connectivity index (χ2v) is 5.83. The Balaban J connectivity index is 1.88. The first-order chi connectivity index (χ1) is 8.03. The zero-order valence-electron chi connectivity index (χ0n) is 10.5. The van der Waals surface area contributed by atoms with Gasteiger partial charge in [0.15, 0.2) is 0 Å². The number of rotatable bonds is 5. The van der Waals surface area contributed by atoms with Crippen molar-refractivity contribution in [1.29, 1.82) is 0 Å². The van der Waals surface area contributed by atoms with Crippen molar-refractivity contribution in [2.75, 3.05) is 6.54 Å². The summed E-state index contributed by atoms with van der Waals surface area (Å²) < 4.78 is 0. The highest BCUT2D eigenvalue weighted by molar-refractivity contribution is 6.30. The van der Waals surface area contributed by atoms with Gasteiger partial charge in [0.25, 0.3) is 0 Å². The van der Waals surface area contributed by atoms with Gasteiger partial charge < -0.3 is 10.4 Å². The van der Waals surface area contributed by atoms with E-state index in [1.807, 2.05) is 6.07 Å². The quantitative estimate of drug-likeness (QED) is 0.841. The smallest absolute Gasteiger partial charge is 0.120 e. The molecule has 0 heterocycles. The third-order valence-electron chi connectivity index (χ3n) is 3.95. The van der Waals surface area contributed by atoms with Crippen molar-refractivity contribution in [3.8, 4) is 5.75 Å². The Bertz CT molecular complexity index is 399. The Morgan fingerprint density at radius 2 is 2.12 bits per heavy atom. The minimum absolute atomic E-state index is 0.316. The molecule has 1 aromatic rings. The van der Waals surface area contributed by atoms with Gasteiger partial charge in [-0.05, 0) is 42.4 Å². The number of phenols is 1. The summed E-state index contributed by atoms with van der Waals surface area (Å²) in [6, 6.07) is 5.17. The molecule has 94 valence electrons. The molecular formula is C14H20ClNO. The highest BCUT2D eigenvalue weighted by atomic mass is 35.5. The lowest BCUT2D eigenvalue weighted by atomic mass is 9.92. The first kappa shape index (κ1) is 12.7. The molecule has 0 bridgehead atoms. The molecule has 0 saturated heterocycles. The van der Waals surface area contributed by atoms with Crippen LogP contribution in [0, 0.1) is 11.3 Å². The summed E-state index contributed by atoms with van der Waals surface area (Å²) >= 11 is 5.91. The molecule has 1 aliphatic rings. The Labute approximate surface area is 108 Å². The summed E-state index contributed by atoms with van der Waals surface area (Å²) in [6.45, 7) is 6.27. The van der Waals surface area contributed by atoms with Crippen LogP contribution in [0.15, 0.2) is 18.2 Å². The molecule has 17 heavy (non-hydrogen) atoms. The maximum Gasteiger partial charge on any atom is 0.120 e. The fourth-order valence-electron chi connectivity index (χ4n) is 2.26. The third kappa shape index (κ3) is 2.93. The van der Waals surface area contributed by atoms with E-state index in [1.54, 1.807) is 12.1 Å². The van der Waals surface area contributed by atoms with Crippen LogP contribution in [-0.2, 0) is 6.54 Å². The molecule has 0 amide bonds. The Hall–Kier alpha value is -0.730. The maximum atomic E-state index is 9.69. The molecule has 1 fully saturated rings. The molecule has 1 saturated carbocycles. The number of aromatic hydroxyl groups is 1. The van der Waals surface area contributed by atoms with Gasteiger partial charge in [-0.25, -0.2) is 0 Å². The van der Waals surface area contributed by atoms with E-state index < -0.39 is 0 Å². The second kappa shape index (κ2) is 4.87. The van der Waals surface area contributed by atoms with Crippen LogP contribution in [0.2, 0.25) is 5.02 Å². The Morgan fingerprint density at radius 3 is 2.71 bits per heavy atom. The lowest BCUT2D eigenvalue weighted by Gasteiger charge is -2.20. The first-order valence-electron chi connectivity index (χ1n) is 6.22. The molecule has 2 N–H and O–H groups in total. The molecule has 0 spiro atoms. The van der Waals surface area contributed by atoms with E-state index in [9.17, 15) is 5.11 Å². The highest BCUT2D eigenvalue weighted by Gasteiger charge is 2.44. The van der Waals surface area contributed by atoms with E-state index >= 15 is 0 Å². The van der Waals surface area contributed by atoms with Crippen molar-refractivity contribution < 1.29 is 5.11 Å². The largest absolute Gasteiger partial charge is 0.508 e. The van der Waals surface area contributed by atoms with Gasteiger partial charge in [-0.15, -0.1) is 0 Å². The summed E-state index contributed by atoms with van der Waals surface area (Å²) in [4.78, 5) is 0. The van der Waals surface area contributed by atoms with Gasteiger partial charge in [0.1, 0.15) is 5.75 Å². The second-order valence-electron chi connectivity index (χ2n) is 5.39. The lowest BCUT2D eigenvalue weighted by Crippen LogP contribution is -2.27. The Kier molecular flexibility index (Phi) is 3.64. The van der Waals surface area contributed by atoms with Crippen LogP contribution in [0.5, 0.6) is 5.75 Å². The molecule has 3 heteroatoms. The summed E-state index contributed by atoms with van der Waals surface area (Å²) in [7, 11) is 0. The van der Waals surface area contributed by atoms with E-state index in [0.717, 1.165) is 18.0 Å². The predicted octanol–water partition coefficient (Wildman–Crippen LogP) is 3.57. The van der Waals surface area contributed by atoms with E-state index in [1.165, 1.54) is 12.8 Å². The fourth-order valence-corrected chi connectivity index (χ4v) is 2.46. The van der Waals surface area contributed by atoms with E-state index in [0.29, 0.717) is 22.7 Å². The van der Waals surface area contributed by atoms with Crippen molar-refractivity contribution in [3.63, 3.8) is 0 Å². The molecule has 0 aliphatic heterocycles. The third-order valence-corrected chi connectivity index (χ3v) is 4.19. The van der Waals surface area contributed by atoms with Crippen molar-refractivity contribution >= 4 is 11.6 Å². The number of hydrogen-bond donors (Lipinski definition) is 2. The standard InChI is InChI=1S/C14H20ClNO/c1-10(2)14(5-6-14)9-16-8-11-7-12(15)3-4-13(11)17/h3-4,7,10,16-17H,5-6,8-9H2,1-2H3. The highest BCUT2D eigenvalue weighted by Crippen LogP contribution is 2.51. The van der Waals surface area contributed by atoms with Crippen LogP contribution < -0.4 is 5.32 Å². The molecule has 0 aromatic heterocycles. The average molecular weight is 254 g/mol. The van der Waals surface area contributed by atoms with Crippen molar-refractivity contribution in [2.24, 2.45) is 11.3 Å². The van der Waals surface area contributed by atoms with Crippen LogP contribution in [0.25, 0.3) is 0 Å². The van der Waals surface area contributed by atoms with Crippen LogP contribution in [0.4, 0.5) is 0 Å². The monoisotopic (exact) mass is 253 g/mol. The molecule has 0 atom stereocenters. The average Bonchev–Trinajstić information content (AvgIpc) is 3.04. The normalized spacial score (nSPS) is 17.4. The van der Waals surface area contributed by atoms with Gasteiger partial charge in [-0.2, -0.15) is 0 Å². The number of halogens is 1. The molecule has 2 rings (SSSR count). The van der Waals surface area contributed by atoms with Crippen LogP contribution >= 0.6 is 11.6 Å². The van der Waals surface area contributed by atoms with Crippen molar-refractivity contribution in [3.05, 3.63) is 28.8 Å². The Morgan fingerprint density at radius 1 is 1.41 bits per heavy atom. The number of nitrogens with one attached hydrogen (secondary N) is 1. The molecule has 0 radical (unpaired) electrons. The fraction of sp³-hybridized carbons (Fsp3) is 0.571. The minimum Gasteiger partial charge on any atom is -0.508 e. The topological polar surface area (TPSA) is 32.3 Å². The SMILES string of the molecule is CC(C)C1(CNCc2cc(Cl)ccc2O)CC1. The van der Waals surface area contributed by atoms with E-state index in [-0.39, 0.29) is 0 Å². The molecular weight excluding hydrogens is 234 g/mol. The van der Waals surface area contributed by atoms with Gasteiger partial charge in [-0.3, -0.25) is 0 Å². The van der Waals surface area contributed by atoms with E-state index in [2.05, 4.69) is 19.2 Å². The van der Waals surface area contributed by atoms with Gasteiger partial charge in [0.05, 0.1) is 0 Å². The van der Waals surface area contributed by atoms with Crippen LogP contribution in [0.1, 0.15) is 32.3 Å². The molecule has 2 nitrogen and oxygen atoms in total.